The summed E-state index contributed by atoms with van der Waals surface area (Å²) >= 11 is 0. The van der Waals surface area contributed by atoms with Crippen LogP contribution in [0.3, 0.4) is 0 Å². The summed E-state index contributed by atoms with van der Waals surface area (Å²) in [5.41, 5.74) is 2.00. The van der Waals surface area contributed by atoms with Crippen molar-refractivity contribution in [2.24, 2.45) is 5.92 Å². The van der Waals surface area contributed by atoms with Crippen LogP contribution in [0.25, 0.3) is 0 Å². The Morgan fingerprint density at radius 1 is 1.06 bits per heavy atom. The van der Waals surface area contributed by atoms with Crippen molar-refractivity contribution in [3.8, 4) is 11.5 Å². The van der Waals surface area contributed by atoms with E-state index >= 15 is 0 Å². The van der Waals surface area contributed by atoms with Gasteiger partial charge in [-0.1, -0.05) is 19.1 Å². The Morgan fingerprint density at radius 3 is 2.34 bits per heavy atom. The number of sulfonamides is 1. The van der Waals surface area contributed by atoms with E-state index in [4.69, 9.17) is 9.47 Å². The highest BCUT2D eigenvalue weighted by Gasteiger charge is 2.29. The zero-order valence-electron chi connectivity index (χ0n) is 19.4. The zero-order valence-corrected chi connectivity index (χ0v) is 20.2. The molecule has 1 amide bonds. The van der Waals surface area contributed by atoms with Crippen LogP contribution < -0.4 is 9.47 Å². The Morgan fingerprint density at radius 2 is 1.72 bits per heavy atom. The quantitative estimate of drug-likeness (QED) is 0.630. The number of rotatable bonds is 7. The zero-order chi connectivity index (χ0) is 23.5. The maximum atomic E-state index is 13.2. The molecule has 32 heavy (non-hydrogen) atoms. The number of ether oxygens (including phenoxy) is 2. The van der Waals surface area contributed by atoms with E-state index in [0.29, 0.717) is 42.6 Å². The largest absolute Gasteiger partial charge is 0.493 e. The minimum Gasteiger partial charge on any atom is -0.493 e. The topological polar surface area (TPSA) is 76.2 Å². The molecular weight excluding hydrogens is 428 g/mol. The molecule has 0 aliphatic carbocycles. The number of aryl methyl sites for hydroxylation is 1. The number of nitrogens with zero attached hydrogens (tertiary/aromatic N) is 2. The third kappa shape index (κ3) is 5.07. The maximum Gasteiger partial charge on any atom is 0.254 e. The molecule has 2 aromatic rings. The number of benzene rings is 2. The molecule has 8 heteroatoms. The van der Waals surface area contributed by atoms with Crippen molar-refractivity contribution in [3.63, 3.8) is 0 Å². The van der Waals surface area contributed by atoms with Crippen LogP contribution in [-0.4, -0.2) is 57.9 Å². The number of carbonyl (C=O) groups excluding carboxylic acids is 1. The highest BCUT2D eigenvalue weighted by molar-refractivity contribution is 7.89. The predicted molar refractivity (Wildman–Crippen MR) is 124 cm³/mol. The summed E-state index contributed by atoms with van der Waals surface area (Å²) in [6.45, 7) is 5.33. The van der Waals surface area contributed by atoms with E-state index < -0.39 is 10.0 Å². The molecule has 1 fully saturated rings. The Labute approximate surface area is 191 Å². The lowest BCUT2D eigenvalue weighted by atomic mass is 10.0. The summed E-state index contributed by atoms with van der Waals surface area (Å²) in [6.07, 6.45) is 1.70. The molecule has 0 bridgehead atoms. The Balaban J connectivity index is 1.82. The normalized spacial score (nSPS) is 15.4. The van der Waals surface area contributed by atoms with Gasteiger partial charge in [-0.05, 0) is 61.1 Å². The first-order chi connectivity index (χ1) is 15.2. The van der Waals surface area contributed by atoms with Crippen molar-refractivity contribution in [1.29, 1.82) is 0 Å². The molecular formula is C24H32N2O5S. The van der Waals surface area contributed by atoms with E-state index in [1.807, 2.05) is 19.1 Å². The van der Waals surface area contributed by atoms with Crippen molar-refractivity contribution in [3.05, 3.63) is 53.1 Å². The first-order valence-electron chi connectivity index (χ1n) is 10.7. The summed E-state index contributed by atoms with van der Waals surface area (Å²) < 4.78 is 38.4. The van der Waals surface area contributed by atoms with Crippen LogP contribution in [-0.2, 0) is 16.6 Å². The average molecular weight is 461 g/mol. The lowest BCUT2D eigenvalue weighted by Crippen LogP contribution is -2.38. The molecule has 0 radical (unpaired) electrons. The molecule has 1 aliphatic rings. The van der Waals surface area contributed by atoms with Gasteiger partial charge in [0.25, 0.3) is 5.91 Å². The molecule has 7 nitrogen and oxygen atoms in total. The molecule has 1 aliphatic heterocycles. The highest BCUT2D eigenvalue weighted by Crippen LogP contribution is 2.29. The summed E-state index contributed by atoms with van der Waals surface area (Å²) in [6, 6.07) is 10.3. The van der Waals surface area contributed by atoms with Gasteiger partial charge in [0.2, 0.25) is 10.0 Å². The number of hydrogen-bond acceptors (Lipinski definition) is 5. The monoisotopic (exact) mass is 460 g/mol. The molecule has 0 aromatic heterocycles. The summed E-state index contributed by atoms with van der Waals surface area (Å²) in [5, 5.41) is 0. The fourth-order valence-electron chi connectivity index (χ4n) is 3.90. The van der Waals surface area contributed by atoms with Gasteiger partial charge < -0.3 is 14.4 Å². The predicted octanol–water partition coefficient (Wildman–Crippen LogP) is 3.71. The van der Waals surface area contributed by atoms with Crippen LogP contribution in [0.4, 0.5) is 0 Å². The third-order valence-corrected chi connectivity index (χ3v) is 7.93. The lowest BCUT2D eigenvalue weighted by molar-refractivity contribution is 0.0784. The van der Waals surface area contributed by atoms with E-state index in [2.05, 4.69) is 6.92 Å². The van der Waals surface area contributed by atoms with E-state index in [1.54, 1.807) is 44.4 Å². The average Bonchev–Trinajstić information content (AvgIpc) is 2.78. The fraction of sp³-hybridized carbons (Fsp3) is 0.458. The molecule has 0 atom stereocenters. The van der Waals surface area contributed by atoms with Crippen LogP contribution in [0, 0.1) is 12.8 Å². The molecule has 0 N–H and O–H groups in total. The minimum atomic E-state index is -3.63. The molecule has 1 saturated heterocycles. The molecule has 1 heterocycles. The molecule has 0 spiro atoms. The first kappa shape index (κ1) is 24.1. The number of piperidine rings is 1. The van der Waals surface area contributed by atoms with Crippen molar-refractivity contribution in [2.45, 2.75) is 38.1 Å². The standard InChI is InChI=1S/C24H32N2O5S/c1-17-10-12-26(13-11-17)32(28,29)20-8-6-18(2)21(15-20)24(27)25(3)16-19-7-9-22(30-4)23(14-19)31-5/h6-9,14-15,17H,10-13,16H2,1-5H3. The van der Waals surface area contributed by atoms with Gasteiger partial charge in [-0.25, -0.2) is 8.42 Å². The molecule has 3 rings (SSSR count). The van der Waals surface area contributed by atoms with Gasteiger partial charge in [-0.3, -0.25) is 4.79 Å². The summed E-state index contributed by atoms with van der Waals surface area (Å²) in [7, 11) is 1.21. The maximum absolute atomic E-state index is 13.2. The lowest BCUT2D eigenvalue weighted by Gasteiger charge is -2.29. The fourth-order valence-corrected chi connectivity index (χ4v) is 5.39. The number of methoxy groups -OCH3 is 2. The van der Waals surface area contributed by atoms with Crippen molar-refractivity contribution in [1.82, 2.24) is 9.21 Å². The van der Waals surface area contributed by atoms with Crippen LogP contribution in [0.15, 0.2) is 41.3 Å². The SMILES string of the molecule is COc1ccc(CN(C)C(=O)c2cc(S(=O)(=O)N3CCC(C)CC3)ccc2C)cc1OC. The van der Waals surface area contributed by atoms with Crippen LogP contribution in [0.2, 0.25) is 0 Å². The Hall–Kier alpha value is -2.58. The second-order valence-electron chi connectivity index (χ2n) is 8.41. The van der Waals surface area contributed by atoms with Crippen LogP contribution in [0.5, 0.6) is 11.5 Å². The number of hydrogen-bond donors (Lipinski definition) is 0. The summed E-state index contributed by atoms with van der Waals surface area (Å²) in [4.78, 5) is 14.9. The molecule has 0 saturated carbocycles. The van der Waals surface area contributed by atoms with Gasteiger partial charge in [-0.2, -0.15) is 4.31 Å². The van der Waals surface area contributed by atoms with Gasteiger partial charge in [0.1, 0.15) is 0 Å². The Bertz CT molecular complexity index is 1080. The van der Waals surface area contributed by atoms with E-state index in [1.165, 1.54) is 10.4 Å². The van der Waals surface area contributed by atoms with Gasteiger partial charge in [0.05, 0.1) is 19.1 Å². The minimum absolute atomic E-state index is 0.167. The molecule has 2 aromatic carbocycles. The highest BCUT2D eigenvalue weighted by atomic mass is 32.2. The van der Waals surface area contributed by atoms with Crippen LogP contribution in [0.1, 0.15) is 41.3 Å². The van der Waals surface area contributed by atoms with Crippen molar-refractivity contribution in [2.75, 3.05) is 34.4 Å². The van der Waals surface area contributed by atoms with Gasteiger partial charge >= 0.3 is 0 Å². The van der Waals surface area contributed by atoms with Crippen molar-refractivity contribution < 1.29 is 22.7 Å². The van der Waals surface area contributed by atoms with E-state index in [-0.39, 0.29) is 10.8 Å². The molecule has 0 unspecified atom stereocenters. The Kier molecular flexibility index (Phi) is 7.46. The van der Waals surface area contributed by atoms with Gasteiger partial charge in [0, 0.05) is 32.2 Å². The van der Waals surface area contributed by atoms with E-state index in [0.717, 1.165) is 24.0 Å². The van der Waals surface area contributed by atoms with E-state index in [9.17, 15) is 13.2 Å². The first-order valence-corrected chi connectivity index (χ1v) is 12.2. The second-order valence-corrected chi connectivity index (χ2v) is 10.4. The van der Waals surface area contributed by atoms with Gasteiger partial charge in [0.15, 0.2) is 11.5 Å². The number of amides is 1. The van der Waals surface area contributed by atoms with Gasteiger partial charge in [-0.15, -0.1) is 0 Å². The number of carbonyl (C=O) groups is 1. The molecule has 174 valence electrons. The smallest absolute Gasteiger partial charge is 0.254 e. The second kappa shape index (κ2) is 9.92. The summed E-state index contributed by atoms with van der Waals surface area (Å²) in [5.74, 6) is 1.50. The van der Waals surface area contributed by atoms with Crippen LogP contribution >= 0.6 is 0 Å². The van der Waals surface area contributed by atoms with Crippen molar-refractivity contribution >= 4 is 15.9 Å². The third-order valence-electron chi connectivity index (χ3n) is 6.03.